The number of aryl methyl sites for hydroxylation is 1. The molecule has 1 unspecified atom stereocenters. The molecule has 0 saturated heterocycles. The number of nitrogens with zero attached hydrogens (tertiary/aromatic N) is 2. The van der Waals surface area contributed by atoms with Crippen LogP contribution in [0.1, 0.15) is 49.2 Å². The van der Waals surface area contributed by atoms with E-state index in [1.54, 1.807) is 6.92 Å². The average molecular weight is 236 g/mol. The van der Waals surface area contributed by atoms with Gasteiger partial charge in [-0.1, -0.05) is 6.92 Å². The van der Waals surface area contributed by atoms with Gasteiger partial charge in [0.15, 0.2) is 0 Å². The lowest BCUT2D eigenvalue weighted by atomic mass is 9.93. The Labute approximate surface area is 102 Å². The molecule has 94 valence electrons. The first-order valence-corrected chi connectivity index (χ1v) is 6.28. The van der Waals surface area contributed by atoms with E-state index in [2.05, 4.69) is 16.7 Å². The molecule has 4 nitrogen and oxygen atoms in total. The molecule has 0 spiro atoms. The van der Waals surface area contributed by atoms with Crippen LogP contribution in [0.2, 0.25) is 0 Å². The second kappa shape index (κ2) is 4.51. The molecule has 1 atom stereocenters. The monoisotopic (exact) mass is 236 g/mol. The van der Waals surface area contributed by atoms with Crippen molar-refractivity contribution in [3.8, 4) is 0 Å². The first kappa shape index (κ1) is 12.1. The minimum Gasteiger partial charge on any atom is -0.481 e. The largest absolute Gasteiger partial charge is 0.481 e. The zero-order chi connectivity index (χ0) is 12.6. The normalized spacial score (nSPS) is 17.8. The van der Waals surface area contributed by atoms with Gasteiger partial charge in [0.25, 0.3) is 0 Å². The van der Waals surface area contributed by atoms with Gasteiger partial charge >= 0.3 is 5.97 Å². The molecule has 0 bridgehead atoms. The van der Waals surface area contributed by atoms with Crippen LogP contribution in [0.15, 0.2) is 0 Å². The van der Waals surface area contributed by atoms with Crippen molar-refractivity contribution < 1.29 is 9.90 Å². The maximum Gasteiger partial charge on any atom is 0.306 e. The van der Waals surface area contributed by atoms with Crippen molar-refractivity contribution in [2.45, 2.75) is 52.5 Å². The summed E-state index contributed by atoms with van der Waals surface area (Å²) in [5.41, 5.74) is 3.26. The van der Waals surface area contributed by atoms with Crippen molar-refractivity contribution >= 4 is 5.97 Å². The predicted octanol–water partition coefficient (Wildman–Crippen LogP) is 2.49. The van der Waals surface area contributed by atoms with Gasteiger partial charge in [-0.15, -0.1) is 0 Å². The predicted molar refractivity (Wildman–Crippen MR) is 65.1 cm³/mol. The fourth-order valence-corrected chi connectivity index (χ4v) is 2.37. The molecule has 1 fully saturated rings. The smallest absolute Gasteiger partial charge is 0.306 e. The zero-order valence-electron chi connectivity index (χ0n) is 10.7. The van der Waals surface area contributed by atoms with Crippen LogP contribution in [-0.4, -0.2) is 20.9 Å². The molecule has 1 aromatic heterocycles. The van der Waals surface area contributed by atoms with Crippen molar-refractivity contribution in [1.29, 1.82) is 0 Å². The number of aromatic nitrogens is 2. The van der Waals surface area contributed by atoms with E-state index in [9.17, 15) is 4.79 Å². The Balaban J connectivity index is 2.21. The fourth-order valence-electron chi connectivity index (χ4n) is 2.37. The number of rotatable bonds is 4. The molecule has 1 aliphatic carbocycles. The lowest BCUT2D eigenvalue weighted by Crippen LogP contribution is -2.19. The summed E-state index contributed by atoms with van der Waals surface area (Å²) in [4.78, 5) is 10.9. The Morgan fingerprint density at radius 3 is 2.65 bits per heavy atom. The fraction of sp³-hybridized carbons (Fsp3) is 0.692. The van der Waals surface area contributed by atoms with Crippen molar-refractivity contribution in [3.05, 3.63) is 17.0 Å². The summed E-state index contributed by atoms with van der Waals surface area (Å²) in [6, 6.07) is 0.544. The second-order valence-electron chi connectivity index (χ2n) is 5.12. The van der Waals surface area contributed by atoms with Crippen molar-refractivity contribution in [2.75, 3.05) is 0 Å². The van der Waals surface area contributed by atoms with Gasteiger partial charge < -0.3 is 5.11 Å². The highest BCUT2D eigenvalue weighted by Gasteiger charge is 2.25. The van der Waals surface area contributed by atoms with E-state index < -0.39 is 5.97 Å². The van der Waals surface area contributed by atoms with E-state index in [0.29, 0.717) is 12.5 Å². The van der Waals surface area contributed by atoms with Crippen LogP contribution in [0.25, 0.3) is 0 Å². The molecule has 17 heavy (non-hydrogen) atoms. The molecular weight excluding hydrogens is 216 g/mol. The summed E-state index contributed by atoms with van der Waals surface area (Å²) in [5.74, 6) is -1.08. The van der Waals surface area contributed by atoms with Gasteiger partial charge in [0.1, 0.15) is 0 Å². The molecule has 0 aliphatic heterocycles. The third-order valence-electron chi connectivity index (χ3n) is 3.83. The third kappa shape index (κ3) is 2.21. The summed E-state index contributed by atoms with van der Waals surface area (Å²) >= 11 is 0. The Morgan fingerprint density at radius 2 is 2.18 bits per heavy atom. The summed E-state index contributed by atoms with van der Waals surface area (Å²) in [6.07, 6.45) is 4.27. The number of carboxylic acid groups (broad SMARTS) is 1. The van der Waals surface area contributed by atoms with Gasteiger partial charge in [0.2, 0.25) is 0 Å². The first-order valence-electron chi connectivity index (χ1n) is 6.28. The molecule has 1 saturated carbocycles. The molecule has 0 radical (unpaired) electrons. The van der Waals surface area contributed by atoms with Crippen LogP contribution >= 0.6 is 0 Å². The van der Waals surface area contributed by atoms with Gasteiger partial charge in [-0.2, -0.15) is 5.10 Å². The van der Waals surface area contributed by atoms with Crippen molar-refractivity contribution in [3.63, 3.8) is 0 Å². The Morgan fingerprint density at radius 1 is 1.53 bits per heavy atom. The molecule has 1 aliphatic rings. The van der Waals surface area contributed by atoms with Crippen LogP contribution in [0.4, 0.5) is 0 Å². The molecular formula is C13H20N2O2. The summed E-state index contributed by atoms with van der Waals surface area (Å²) in [5, 5.41) is 13.5. The highest BCUT2D eigenvalue weighted by molar-refractivity contribution is 5.70. The molecule has 0 aromatic carbocycles. The van der Waals surface area contributed by atoms with E-state index in [1.165, 1.54) is 19.3 Å². The Bertz CT molecular complexity index is 433. The van der Waals surface area contributed by atoms with Gasteiger partial charge in [0, 0.05) is 5.69 Å². The summed E-state index contributed by atoms with van der Waals surface area (Å²) in [7, 11) is 0. The van der Waals surface area contributed by atoms with Crippen molar-refractivity contribution in [2.24, 2.45) is 5.92 Å². The number of carboxylic acids is 1. The summed E-state index contributed by atoms with van der Waals surface area (Å²) < 4.78 is 2.10. The highest BCUT2D eigenvalue weighted by atomic mass is 16.4. The third-order valence-corrected chi connectivity index (χ3v) is 3.83. The molecule has 1 heterocycles. The number of hydrogen-bond acceptors (Lipinski definition) is 2. The van der Waals surface area contributed by atoms with Crippen molar-refractivity contribution in [1.82, 2.24) is 9.78 Å². The standard InChI is InChI=1S/C13H20N2O2/c1-8(13(16)17)7-12-9(2)14-15(10(12)3)11-5-4-6-11/h8,11H,4-7H2,1-3H3,(H,16,17). The van der Waals surface area contributed by atoms with E-state index in [4.69, 9.17) is 5.11 Å². The number of hydrogen-bond donors (Lipinski definition) is 1. The second-order valence-corrected chi connectivity index (χ2v) is 5.12. The minimum absolute atomic E-state index is 0.341. The molecule has 4 heteroatoms. The van der Waals surface area contributed by atoms with Gasteiger partial charge in [-0.05, 0) is 45.1 Å². The molecule has 2 rings (SSSR count). The summed E-state index contributed by atoms with van der Waals surface area (Å²) in [6.45, 7) is 5.79. The minimum atomic E-state index is -0.736. The van der Waals surface area contributed by atoms with Gasteiger partial charge in [0.05, 0.1) is 17.7 Å². The Hall–Kier alpha value is -1.32. The van der Waals surface area contributed by atoms with E-state index in [0.717, 1.165) is 17.0 Å². The SMILES string of the molecule is Cc1nn(C2CCC2)c(C)c1CC(C)C(=O)O. The van der Waals surface area contributed by atoms with Gasteiger partial charge in [-0.25, -0.2) is 0 Å². The maximum absolute atomic E-state index is 10.9. The average Bonchev–Trinajstić information content (AvgIpc) is 2.43. The van der Waals surface area contributed by atoms with Crippen LogP contribution < -0.4 is 0 Å². The topological polar surface area (TPSA) is 55.1 Å². The van der Waals surface area contributed by atoms with E-state index >= 15 is 0 Å². The molecule has 1 N–H and O–H groups in total. The van der Waals surface area contributed by atoms with E-state index in [-0.39, 0.29) is 5.92 Å². The van der Waals surface area contributed by atoms with Crippen LogP contribution in [0.5, 0.6) is 0 Å². The molecule has 0 amide bonds. The maximum atomic E-state index is 10.9. The number of aliphatic carboxylic acids is 1. The highest BCUT2D eigenvalue weighted by Crippen LogP contribution is 2.33. The lowest BCUT2D eigenvalue weighted by Gasteiger charge is -2.27. The lowest BCUT2D eigenvalue weighted by molar-refractivity contribution is -0.141. The van der Waals surface area contributed by atoms with Crippen LogP contribution in [0.3, 0.4) is 0 Å². The van der Waals surface area contributed by atoms with Gasteiger partial charge in [-0.3, -0.25) is 9.48 Å². The molecule has 1 aromatic rings. The zero-order valence-corrected chi connectivity index (χ0v) is 10.7. The Kier molecular flexibility index (Phi) is 3.22. The van der Waals surface area contributed by atoms with E-state index in [1.807, 2.05) is 6.92 Å². The number of carbonyl (C=O) groups is 1. The van der Waals surface area contributed by atoms with Crippen LogP contribution in [-0.2, 0) is 11.2 Å². The quantitative estimate of drug-likeness (QED) is 0.873. The van der Waals surface area contributed by atoms with Crippen LogP contribution in [0, 0.1) is 19.8 Å². The first-order chi connectivity index (χ1) is 8.00.